The molecule has 7 rings (SSSR count). The monoisotopic (exact) mass is 607 g/mol. The van der Waals surface area contributed by atoms with E-state index in [2.05, 4.69) is 40.4 Å². The number of hydrogen-bond donors (Lipinski definition) is 3. The maximum Gasteiger partial charge on any atom is 0.420 e. The van der Waals surface area contributed by atoms with Crippen LogP contribution in [0.1, 0.15) is 37.3 Å². The number of nitrogens with one attached hydrogen (secondary N) is 2. The van der Waals surface area contributed by atoms with Crippen molar-refractivity contribution in [3.05, 3.63) is 48.4 Å². The van der Waals surface area contributed by atoms with E-state index in [0.29, 0.717) is 46.8 Å². The summed E-state index contributed by atoms with van der Waals surface area (Å²) >= 11 is 0. The highest BCUT2D eigenvalue weighted by Crippen LogP contribution is 2.44. The fraction of sp³-hybridized carbons (Fsp3) is 0.345. The lowest BCUT2D eigenvalue weighted by Crippen LogP contribution is -2.36. The molecular formula is C29H28F3N9O3. The van der Waals surface area contributed by atoms with Crippen LogP contribution in [0, 0.1) is 0 Å². The number of nitrogen functional groups attached to an aromatic ring is 1. The van der Waals surface area contributed by atoms with Crippen molar-refractivity contribution >= 4 is 45.3 Å². The first-order valence-electron chi connectivity index (χ1n) is 14.2. The number of carbonyl (C=O) groups is 1. The molecule has 2 aliphatic rings. The highest BCUT2D eigenvalue weighted by molar-refractivity contribution is 6.10. The molecule has 4 N–H and O–H groups in total. The van der Waals surface area contributed by atoms with Gasteiger partial charge in [0, 0.05) is 42.1 Å². The van der Waals surface area contributed by atoms with E-state index in [0.717, 1.165) is 37.6 Å². The number of ether oxygens (including phenoxy) is 1. The summed E-state index contributed by atoms with van der Waals surface area (Å²) < 4.78 is 54.7. The molecule has 2 fully saturated rings. The number of likely N-dealkylation sites (tertiary alicyclic amines) is 1. The molecule has 1 saturated heterocycles. The zero-order valence-electron chi connectivity index (χ0n) is 23.6. The predicted octanol–water partition coefficient (Wildman–Crippen LogP) is 5.69. The number of aromatic nitrogens is 5. The van der Waals surface area contributed by atoms with Gasteiger partial charge in [-0.3, -0.25) is 0 Å². The van der Waals surface area contributed by atoms with Crippen LogP contribution < -0.4 is 21.1 Å². The first-order chi connectivity index (χ1) is 21.2. The molecule has 228 valence electrons. The van der Waals surface area contributed by atoms with Crippen molar-refractivity contribution in [2.24, 2.45) is 0 Å². The summed E-state index contributed by atoms with van der Waals surface area (Å²) in [6.07, 6.45) is 1.70. The minimum atomic E-state index is -4.68. The van der Waals surface area contributed by atoms with Crippen LogP contribution in [0.5, 0.6) is 5.75 Å². The fourth-order valence-corrected chi connectivity index (χ4v) is 5.63. The number of alkyl halides is 3. The van der Waals surface area contributed by atoms with E-state index in [9.17, 15) is 18.0 Å². The standard InChI is InChI=1S/C29H28F3N9O3/c1-40-10-8-17(9-11-40)43-22-7-2-15(12-20(22)29(30,31)32)36-28(42)37-21-6-5-18(24-25(21)39-44-38-24)19-13-41(16-3-4-16)27-23(19)26(33)34-14-35-27/h2,5-7,12-14,16-17H,3-4,8-11H2,1H3,(H2,33,34,35)(H2,36,37,42). The zero-order chi connectivity index (χ0) is 30.6. The minimum absolute atomic E-state index is 0.0555. The molecule has 3 aromatic heterocycles. The molecule has 15 heteroatoms. The molecule has 1 aliphatic heterocycles. The first kappa shape index (κ1) is 27.9. The number of fused-ring (bicyclic) bond motifs is 2. The lowest BCUT2D eigenvalue weighted by Gasteiger charge is -2.30. The number of urea groups is 1. The summed E-state index contributed by atoms with van der Waals surface area (Å²) in [7, 11) is 1.96. The topological polar surface area (TPSA) is 149 Å². The van der Waals surface area contributed by atoms with Gasteiger partial charge in [0.15, 0.2) is 5.52 Å². The number of hydrogen-bond acceptors (Lipinski definition) is 9. The van der Waals surface area contributed by atoms with Crippen molar-refractivity contribution in [2.45, 2.75) is 44.0 Å². The average Bonchev–Trinajstić information content (AvgIpc) is 3.56. The van der Waals surface area contributed by atoms with Crippen molar-refractivity contribution in [2.75, 3.05) is 36.5 Å². The van der Waals surface area contributed by atoms with Crippen molar-refractivity contribution in [1.82, 2.24) is 29.7 Å². The first-order valence-corrected chi connectivity index (χ1v) is 14.2. The van der Waals surface area contributed by atoms with Gasteiger partial charge in [0.1, 0.15) is 35.2 Å². The van der Waals surface area contributed by atoms with E-state index >= 15 is 0 Å². The van der Waals surface area contributed by atoms with E-state index in [4.69, 9.17) is 15.1 Å². The quantitative estimate of drug-likeness (QED) is 0.221. The Kier molecular flexibility index (Phi) is 6.76. The van der Waals surface area contributed by atoms with E-state index < -0.39 is 17.8 Å². The van der Waals surface area contributed by atoms with Crippen molar-refractivity contribution in [1.29, 1.82) is 0 Å². The zero-order valence-corrected chi connectivity index (χ0v) is 23.6. The number of anilines is 3. The lowest BCUT2D eigenvalue weighted by atomic mass is 10.0. The maximum atomic E-state index is 14.0. The summed E-state index contributed by atoms with van der Waals surface area (Å²) in [5.74, 6) is 0.0506. The number of nitrogens with zero attached hydrogens (tertiary/aromatic N) is 6. The third-order valence-corrected chi connectivity index (χ3v) is 8.03. The Morgan fingerprint density at radius 1 is 1.02 bits per heavy atom. The Balaban J connectivity index is 1.13. The van der Waals surface area contributed by atoms with Crippen LogP contribution in [-0.2, 0) is 6.18 Å². The summed E-state index contributed by atoms with van der Waals surface area (Å²) in [5, 5.41) is 13.8. The number of benzene rings is 2. The maximum absolute atomic E-state index is 14.0. The molecule has 4 heterocycles. The Bertz CT molecular complexity index is 1870. The number of halogens is 3. The van der Waals surface area contributed by atoms with E-state index in [1.54, 1.807) is 12.1 Å². The van der Waals surface area contributed by atoms with Gasteiger partial charge in [-0.2, -0.15) is 13.2 Å². The summed E-state index contributed by atoms with van der Waals surface area (Å²) in [6.45, 7) is 1.49. The molecule has 0 atom stereocenters. The number of rotatable bonds is 6. The summed E-state index contributed by atoms with van der Waals surface area (Å²) in [6, 6.07) is 6.36. The number of carbonyl (C=O) groups excluding carboxylic acids is 1. The van der Waals surface area contributed by atoms with E-state index in [1.807, 2.05) is 13.2 Å². The molecular weight excluding hydrogens is 579 g/mol. The third kappa shape index (κ3) is 5.23. The van der Waals surface area contributed by atoms with Crippen LogP contribution in [0.3, 0.4) is 0 Å². The van der Waals surface area contributed by atoms with Crippen molar-refractivity contribution in [3.8, 4) is 16.9 Å². The van der Waals surface area contributed by atoms with Crippen LogP contribution in [0.2, 0.25) is 0 Å². The molecule has 1 saturated carbocycles. The van der Waals surface area contributed by atoms with Gasteiger partial charge in [-0.25, -0.2) is 19.4 Å². The normalized spacial score (nSPS) is 16.5. The lowest BCUT2D eigenvalue weighted by molar-refractivity contribution is -0.139. The SMILES string of the molecule is CN1CCC(Oc2ccc(NC(=O)Nc3ccc(-c4cn(C5CC5)c5ncnc(N)c45)c4nonc34)cc2C(F)(F)F)CC1. The Morgan fingerprint density at radius 3 is 2.55 bits per heavy atom. The number of amides is 2. The Morgan fingerprint density at radius 2 is 1.80 bits per heavy atom. The third-order valence-electron chi connectivity index (χ3n) is 8.03. The second kappa shape index (κ2) is 10.7. The number of nitrogens with two attached hydrogens (primary N) is 1. The molecule has 5 aromatic rings. The number of piperidine rings is 1. The predicted molar refractivity (Wildman–Crippen MR) is 156 cm³/mol. The molecule has 0 radical (unpaired) electrons. The van der Waals surface area contributed by atoms with E-state index in [-0.39, 0.29) is 28.7 Å². The van der Waals surface area contributed by atoms with Gasteiger partial charge < -0.3 is 30.6 Å². The van der Waals surface area contributed by atoms with Gasteiger partial charge in [-0.05, 0) is 73.4 Å². The van der Waals surface area contributed by atoms with Crippen LogP contribution in [0.25, 0.3) is 33.2 Å². The smallest absolute Gasteiger partial charge is 0.420 e. The highest BCUT2D eigenvalue weighted by atomic mass is 19.4. The van der Waals surface area contributed by atoms with Gasteiger partial charge in [0.05, 0.1) is 16.6 Å². The molecule has 1 aliphatic carbocycles. The van der Waals surface area contributed by atoms with Crippen molar-refractivity contribution in [3.63, 3.8) is 0 Å². The molecule has 0 spiro atoms. The van der Waals surface area contributed by atoms with E-state index in [1.165, 1.54) is 18.5 Å². The molecule has 12 nitrogen and oxygen atoms in total. The van der Waals surface area contributed by atoms with Crippen LogP contribution >= 0.6 is 0 Å². The Hall–Kier alpha value is -4.92. The van der Waals surface area contributed by atoms with Gasteiger partial charge in [-0.15, -0.1) is 0 Å². The largest absolute Gasteiger partial charge is 0.490 e. The molecule has 44 heavy (non-hydrogen) atoms. The molecule has 2 aromatic carbocycles. The van der Waals surface area contributed by atoms with Crippen LogP contribution in [-0.4, -0.2) is 62.0 Å². The van der Waals surface area contributed by atoms with Gasteiger partial charge >= 0.3 is 12.2 Å². The summed E-state index contributed by atoms with van der Waals surface area (Å²) in [5.41, 5.74) is 8.18. The average molecular weight is 608 g/mol. The van der Waals surface area contributed by atoms with Gasteiger partial charge in [0.25, 0.3) is 0 Å². The molecule has 0 bridgehead atoms. The molecule has 0 unspecified atom stereocenters. The van der Waals surface area contributed by atoms with Crippen molar-refractivity contribution < 1.29 is 27.3 Å². The fourth-order valence-electron chi connectivity index (χ4n) is 5.63. The second-order valence-electron chi connectivity index (χ2n) is 11.2. The van der Waals surface area contributed by atoms with Gasteiger partial charge in [0.2, 0.25) is 0 Å². The van der Waals surface area contributed by atoms with Crippen LogP contribution in [0.15, 0.2) is 47.5 Å². The van der Waals surface area contributed by atoms with Gasteiger partial charge in [-0.1, -0.05) is 0 Å². The highest BCUT2D eigenvalue weighted by Gasteiger charge is 2.36. The summed E-state index contributed by atoms with van der Waals surface area (Å²) in [4.78, 5) is 23.6. The second-order valence-corrected chi connectivity index (χ2v) is 11.2. The molecule has 2 amide bonds. The Labute approximate surface area is 248 Å². The van der Waals surface area contributed by atoms with Crippen LogP contribution in [0.4, 0.5) is 35.2 Å². The minimum Gasteiger partial charge on any atom is -0.490 e.